The molecule has 5 heteroatoms. The number of hydrogen-bond acceptors (Lipinski definition) is 1. The van der Waals surface area contributed by atoms with Gasteiger partial charge in [0.25, 0.3) is 0 Å². The van der Waals surface area contributed by atoms with Gasteiger partial charge < -0.3 is 10.2 Å². The molecule has 0 saturated carbocycles. The lowest BCUT2D eigenvalue weighted by molar-refractivity contribution is 0.207. The molecule has 88 valence electrons. The number of halogens is 2. The second kappa shape index (κ2) is 5.70. The number of nitrogens with zero attached hydrogens (tertiary/aromatic N) is 1. The summed E-state index contributed by atoms with van der Waals surface area (Å²) in [6.07, 6.45) is 0. The van der Waals surface area contributed by atoms with Crippen LogP contribution in [0.1, 0.15) is 12.5 Å². The van der Waals surface area contributed by atoms with E-state index >= 15 is 0 Å². The average molecular weight is 245 g/mol. The van der Waals surface area contributed by atoms with Crippen molar-refractivity contribution in [2.75, 3.05) is 13.6 Å². The molecule has 0 fully saturated rings. The molecule has 1 rings (SSSR count). The smallest absolute Gasteiger partial charge is 0.317 e. The topological polar surface area (TPSA) is 32.3 Å². The van der Waals surface area contributed by atoms with Crippen molar-refractivity contribution in [3.63, 3.8) is 0 Å². The summed E-state index contributed by atoms with van der Waals surface area (Å²) < 4.78 is 13.4. The number of benzene rings is 1. The predicted molar refractivity (Wildman–Crippen MR) is 61.9 cm³/mol. The molecule has 0 spiro atoms. The summed E-state index contributed by atoms with van der Waals surface area (Å²) in [5.41, 5.74) is 0.331. The lowest BCUT2D eigenvalue weighted by Crippen LogP contribution is -2.36. The molecule has 1 aromatic rings. The minimum Gasteiger partial charge on any atom is -0.338 e. The van der Waals surface area contributed by atoms with Crippen molar-refractivity contribution in [3.8, 4) is 0 Å². The Morgan fingerprint density at radius 2 is 2.25 bits per heavy atom. The van der Waals surface area contributed by atoms with E-state index < -0.39 is 5.82 Å². The molecular formula is C11H14ClFN2O. The normalized spacial score (nSPS) is 10.0. The molecule has 0 aliphatic rings. The molecular weight excluding hydrogens is 231 g/mol. The van der Waals surface area contributed by atoms with E-state index in [1.165, 1.54) is 17.0 Å². The Morgan fingerprint density at radius 1 is 1.56 bits per heavy atom. The van der Waals surface area contributed by atoms with Crippen molar-refractivity contribution >= 4 is 17.6 Å². The van der Waals surface area contributed by atoms with Gasteiger partial charge in [-0.25, -0.2) is 9.18 Å². The Morgan fingerprint density at radius 3 is 2.81 bits per heavy atom. The zero-order valence-electron chi connectivity index (χ0n) is 9.26. The third-order valence-corrected chi connectivity index (χ3v) is 2.49. The fraction of sp³-hybridized carbons (Fsp3) is 0.364. The molecule has 0 unspecified atom stereocenters. The van der Waals surface area contributed by atoms with E-state index in [4.69, 9.17) is 11.6 Å². The van der Waals surface area contributed by atoms with E-state index in [9.17, 15) is 9.18 Å². The monoisotopic (exact) mass is 244 g/mol. The van der Waals surface area contributed by atoms with Gasteiger partial charge in [-0.15, -0.1) is 0 Å². The fourth-order valence-corrected chi connectivity index (χ4v) is 1.50. The second-order valence-electron chi connectivity index (χ2n) is 3.39. The maximum Gasteiger partial charge on any atom is 0.317 e. The maximum absolute atomic E-state index is 13.4. The van der Waals surface area contributed by atoms with E-state index in [1.807, 2.05) is 6.92 Å². The Bertz CT molecular complexity index is 364. The van der Waals surface area contributed by atoms with Crippen LogP contribution in [0.2, 0.25) is 5.02 Å². The first-order valence-electron chi connectivity index (χ1n) is 4.98. The minimum absolute atomic E-state index is 0.150. The van der Waals surface area contributed by atoms with E-state index in [1.54, 1.807) is 13.1 Å². The summed E-state index contributed by atoms with van der Waals surface area (Å²) in [7, 11) is 1.59. The number of carbonyl (C=O) groups excluding carboxylic acids is 1. The molecule has 0 aliphatic carbocycles. The van der Waals surface area contributed by atoms with Crippen molar-refractivity contribution in [1.29, 1.82) is 0 Å². The highest BCUT2D eigenvalue weighted by atomic mass is 35.5. The van der Waals surface area contributed by atoms with Crippen LogP contribution in [0.15, 0.2) is 18.2 Å². The Hall–Kier alpha value is -1.29. The van der Waals surface area contributed by atoms with E-state index in [0.29, 0.717) is 17.1 Å². The maximum atomic E-state index is 13.4. The van der Waals surface area contributed by atoms with E-state index in [2.05, 4.69) is 5.32 Å². The lowest BCUT2D eigenvalue weighted by atomic mass is 10.2. The van der Waals surface area contributed by atoms with Gasteiger partial charge in [-0.05, 0) is 19.1 Å². The molecule has 0 aromatic heterocycles. The molecule has 16 heavy (non-hydrogen) atoms. The van der Waals surface area contributed by atoms with Crippen molar-refractivity contribution in [2.45, 2.75) is 13.5 Å². The van der Waals surface area contributed by atoms with Crippen molar-refractivity contribution in [2.24, 2.45) is 0 Å². The number of hydrogen-bond donors (Lipinski definition) is 1. The van der Waals surface area contributed by atoms with Gasteiger partial charge in [-0.2, -0.15) is 0 Å². The summed E-state index contributed by atoms with van der Waals surface area (Å²) in [5, 5.41) is 2.96. The van der Waals surface area contributed by atoms with Gasteiger partial charge in [0.15, 0.2) is 0 Å². The Kier molecular flexibility index (Phi) is 4.55. The van der Waals surface area contributed by atoms with Crippen LogP contribution in [-0.4, -0.2) is 24.5 Å². The number of amides is 2. The quantitative estimate of drug-likeness (QED) is 0.871. The predicted octanol–water partition coefficient (Wildman–Crippen LogP) is 2.64. The molecule has 1 aromatic carbocycles. The lowest BCUT2D eigenvalue weighted by Gasteiger charge is -2.18. The van der Waals surface area contributed by atoms with Crippen LogP contribution in [0.3, 0.4) is 0 Å². The molecule has 0 aliphatic heterocycles. The molecule has 2 amide bonds. The summed E-state index contributed by atoms with van der Waals surface area (Å²) >= 11 is 5.86. The average Bonchev–Trinajstić information content (AvgIpc) is 2.23. The van der Waals surface area contributed by atoms with Gasteiger partial charge in [0.2, 0.25) is 0 Å². The van der Waals surface area contributed by atoms with Crippen LogP contribution < -0.4 is 5.32 Å². The summed E-state index contributed by atoms with van der Waals surface area (Å²) in [4.78, 5) is 12.8. The Labute approximate surface area is 99.2 Å². The summed E-state index contributed by atoms with van der Waals surface area (Å²) in [5.74, 6) is -0.399. The summed E-state index contributed by atoms with van der Waals surface area (Å²) in [6.45, 7) is 2.51. The largest absolute Gasteiger partial charge is 0.338 e. The molecule has 0 bridgehead atoms. The van der Waals surface area contributed by atoms with Gasteiger partial charge in [0.1, 0.15) is 5.82 Å². The fourth-order valence-electron chi connectivity index (χ4n) is 1.28. The van der Waals surface area contributed by atoms with Crippen molar-refractivity contribution < 1.29 is 9.18 Å². The highest BCUT2D eigenvalue weighted by Crippen LogP contribution is 2.20. The van der Waals surface area contributed by atoms with E-state index in [-0.39, 0.29) is 12.6 Å². The number of nitrogens with one attached hydrogen (secondary N) is 1. The van der Waals surface area contributed by atoms with Gasteiger partial charge in [-0.1, -0.05) is 17.7 Å². The molecule has 0 heterocycles. The van der Waals surface area contributed by atoms with Crippen LogP contribution in [-0.2, 0) is 6.54 Å². The molecule has 0 radical (unpaired) electrons. The van der Waals surface area contributed by atoms with Gasteiger partial charge in [0.05, 0.1) is 6.54 Å². The number of rotatable bonds is 3. The van der Waals surface area contributed by atoms with Crippen LogP contribution in [0, 0.1) is 5.82 Å². The molecule has 0 saturated heterocycles. The molecule has 0 atom stereocenters. The van der Waals surface area contributed by atoms with Gasteiger partial charge in [0, 0.05) is 24.2 Å². The zero-order valence-corrected chi connectivity index (χ0v) is 10.0. The standard InChI is InChI=1S/C11H14ClFN2O/c1-3-14-11(16)15(2)7-8-9(12)5-4-6-10(8)13/h4-6H,3,7H2,1-2H3,(H,14,16). The van der Waals surface area contributed by atoms with E-state index in [0.717, 1.165) is 0 Å². The first kappa shape index (κ1) is 12.8. The number of urea groups is 1. The van der Waals surface area contributed by atoms with Crippen molar-refractivity contribution in [1.82, 2.24) is 10.2 Å². The van der Waals surface area contributed by atoms with Crippen LogP contribution in [0.5, 0.6) is 0 Å². The molecule has 3 nitrogen and oxygen atoms in total. The highest BCUT2D eigenvalue weighted by Gasteiger charge is 2.13. The van der Waals surface area contributed by atoms with Gasteiger partial charge >= 0.3 is 6.03 Å². The number of carbonyl (C=O) groups is 1. The SMILES string of the molecule is CCNC(=O)N(C)Cc1c(F)cccc1Cl. The third kappa shape index (κ3) is 3.10. The summed E-state index contributed by atoms with van der Waals surface area (Å²) in [6, 6.07) is 4.22. The third-order valence-electron chi connectivity index (χ3n) is 2.13. The zero-order chi connectivity index (χ0) is 12.1. The first-order valence-corrected chi connectivity index (χ1v) is 5.36. The van der Waals surface area contributed by atoms with Crippen molar-refractivity contribution in [3.05, 3.63) is 34.6 Å². The van der Waals surface area contributed by atoms with Gasteiger partial charge in [-0.3, -0.25) is 0 Å². The van der Waals surface area contributed by atoms with Crippen LogP contribution in [0.25, 0.3) is 0 Å². The van der Waals surface area contributed by atoms with Crippen LogP contribution >= 0.6 is 11.6 Å². The van der Waals surface area contributed by atoms with Crippen LogP contribution in [0.4, 0.5) is 9.18 Å². The molecule has 1 N–H and O–H groups in total. The Balaban J connectivity index is 2.76. The first-order chi connectivity index (χ1) is 7.56. The highest BCUT2D eigenvalue weighted by molar-refractivity contribution is 6.31. The second-order valence-corrected chi connectivity index (χ2v) is 3.80. The minimum atomic E-state index is -0.399.